The number of benzene rings is 1. The highest BCUT2D eigenvalue weighted by atomic mass is 19.4. The van der Waals surface area contributed by atoms with Gasteiger partial charge in [0.15, 0.2) is 0 Å². The Kier molecular flexibility index (Phi) is 6.64. The van der Waals surface area contributed by atoms with Gasteiger partial charge in [-0.3, -0.25) is 0 Å². The molecule has 0 spiro atoms. The Balaban J connectivity index is 2.01. The zero-order chi connectivity index (χ0) is 19.4. The topological polar surface area (TPSA) is 9.23 Å². The summed E-state index contributed by atoms with van der Waals surface area (Å²) in [6.07, 6.45) is -3.42. The molecular weight excluding hydrogens is 358 g/mol. The normalized spacial score (nSPS) is 22.0. The van der Waals surface area contributed by atoms with Crippen molar-refractivity contribution in [3.05, 3.63) is 35.7 Å². The van der Waals surface area contributed by atoms with Crippen LogP contribution < -0.4 is 4.74 Å². The highest BCUT2D eigenvalue weighted by Gasteiger charge is 2.43. The maximum Gasteiger partial charge on any atom is 0.409 e. The van der Waals surface area contributed by atoms with Gasteiger partial charge in [-0.25, -0.2) is 4.39 Å². The maximum atomic E-state index is 14.3. The lowest BCUT2D eigenvalue weighted by Gasteiger charge is -2.33. The molecule has 0 amide bonds. The first-order chi connectivity index (χ1) is 12.1. The molecule has 0 aliphatic heterocycles. The molecule has 1 aromatic carbocycles. The first-order valence-electron chi connectivity index (χ1n) is 8.73. The van der Waals surface area contributed by atoms with E-state index >= 15 is 0 Å². The molecule has 0 bridgehead atoms. The van der Waals surface area contributed by atoms with Gasteiger partial charge in [-0.15, -0.1) is 0 Å². The summed E-state index contributed by atoms with van der Waals surface area (Å²) in [5.41, 5.74) is -0.349. The van der Waals surface area contributed by atoms with E-state index in [9.17, 15) is 26.3 Å². The van der Waals surface area contributed by atoms with Crippen molar-refractivity contribution < 1.29 is 31.1 Å². The van der Waals surface area contributed by atoms with E-state index in [4.69, 9.17) is 4.74 Å². The monoisotopic (exact) mass is 380 g/mol. The molecule has 1 aliphatic carbocycles. The first-order valence-corrected chi connectivity index (χ1v) is 8.73. The molecule has 26 heavy (non-hydrogen) atoms. The van der Waals surface area contributed by atoms with Crippen LogP contribution in [0.15, 0.2) is 24.3 Å². The van der Waals surface area contributed by atoms with E-state index in [-0.39, 0.29) is 11.6 Å². The van der Waals surface area contributed by atoms with Crippen LogP contribution in [0.4, 0.5) is 26.3 Å². The number of alkyl halides is 5. The molecule has 1 saturated carbocycles. The fourth-order valence-electron chi connectivity index (χ4n) is 3.33. The van der Waals surface area contributed by atoms with E-state index in [1.165, 1.54) is 0 Å². The van der Waals surface area contributed by atoms with Gasteiger partial charge in [0.25, 0.3) is 0 Å². The van der Waals surface area contributed by atoms with Crippen molar-refractivity contribution in [3.8, 4) is 5.75 Å². The molecule has 1 aromatic rings. The van der Waals surface area contributed by atoms with Gasteiger partial charge in [-0.1, -0.05) is 19.8 Å². The predicted octanol–water partition coefficient (Wildman–Crippen LogP) is 6.98. The lowest BCUT2D eigenvalue weighted by atomic mass is 9.79. The summed E-state index contributed by atoms with van der Waals surface area (Å²) in [4.78, 5) is 0. The molecular formula is C19H22F6O. The Hall–Kier alpha value is -1.66. The standard InChI is InChI=1S/C19H22F6O/c1-2-3-13-4-7-15(8-5-13)19(24,25)26-16-9-6-14(17(20)12-16)10-11-18(21,22)23/h6,9-13,15H,2-5,7-8H2,1H3. The third-order valence-corrected chi connectivity index (χ3v) is 4.70. The Morgan fingerprint density at radius 3 is 2.27 bits per heavy atom. The number of hydrogen-bond donors (Lipinski definition) is 0. The van der Waals surface area contributed by atoms with E-state index < -0.39 is 29.8 Å². The van der Waals surface area contributed by atoms with Crippen molar-refractivity contribution >= 4 is 6.08 Å². The minimum atomic E-state index is -4.58. The number of rotatable bonds is 6. The molecule has 7 heteroatoms. The van der Waals surface area contributed by atoms with Crippen LogP contribution in [0, 0.1) is 17.7 Å². The second-order valence-corrected chi connectivity index (χ2v) is 6.73. The largest absolute Gasteiger partial charge is 0.432 e. The van der Waals surface area contributed by atoms with Gasteiger partial charge in [-0.2, -0.15) is 22.0 Å². The van der Waals surface area contributed by atoms with Crippen molar-refractivity contribution in [3.63, 3.8) is 0 Å². The van der Waals surface area contributed by atoms with E-state index in [0.29, 0.717) is 43.7 Å². The number of hydrogen-bond acceptors (Lipinski definition) is 1. The molecule has 2 rings (SSSR count). The van der Waals surface area contributed by atoms with Crippen molar-refractivity contribution in [2.24, 2.45) is 11.8 Å². The molecule has 1 fully saturated rings. The Morgan fingerprint density at radius 2 is 1.73 bits per heavy atom. The third-order valence-electron chi connectivity index (χ3n) is 4.70. The molecule has 0 N–H and O–H groups in total. The molecule has 0 radical (unpaired) electrons. The summed E-state index contributed by atoms with van der Waals surface area (Å²) in [6, 6.07) is 2.73. The fraction of sp³-hybridized carbons (Fsp3) is 0.579. The maximum absolute atomic E-state index is 14.3. The molecule has 0 saturated heterocycles. The van der Waals surface area contributed by atoms with Crippen molar-refractivity contribution in [2.45, 2.75) is 57.7 Å². The van der Waals surface area contributed by atoms with E-state index in [1.807, 2.05) is 0 Å². The molecule has 1 nitrogen and oxygen atoms in total. The van der Waals surface area contributed by atoms with Gasteiger partial charge in [0.2, 0.25) is 0 Å². The zero-order valence-corrected chi connectivity index (χ0v) is 14.5. The minimum Gasteiger partial charge on any atom is -0.432 e. The Bertz CT molecular complexity index is 615. The van der Waals surface area contributed by atoms with Crippen LogP contribution in [0.5, 0.6) is 5.75 Å². The van der Waals surface area contributed by atoms with Crippen LogP contribution >= 0.6 is 0 Å². The van der Waals surface area contributed by atoms with Crippen molar-refractivity contribution in [1.82, 2.24) is 0 Å². The average Bonchev–Trinajstić information content (AvgIpc) is 2.54. The molecule has 0 unspecified atom stereocenters. The van der Waals surface area contributed by atoms with Crippen LogP contribution in [0.2, 0.25) is 0 Å². The highest BCUT2D eigenvalue weighted by molar-refractivity contribution is 5.52. The SMILES string of the molecule is CCCC1CCC(C(F)(F)Oc2ccc(C=CC(F)(F)F)c(F)c2)CC1. The molecule has 0 aromatic heterocycles. The minimum absolute atomic E-state index is 0.116. The molecule has 1 aliphatic rings. The molecule has 0 atom stereocenters. The summed E-state index contributed by atoms with van der Waals surface area (Å²) < 4.78 is 83.6. The second-order valence-electron chi connectivity index (χ2n) is 6.73. The predicted molar refractivity (Wildman–Crippen MR) is 87.4 cm³/mol. The lowest BCUT2D eigenvalue weighted by molar-refractivity contribution is -0.223. The van der Waals surface area contributed by atoms with Crippen LogP contribution in [0.3, 0.4) is 0 Å². The molecule has 0 heterocycles. The summed E-state index contributed by atoms with van der Waals surface area (Å²) in [7, 11) is 0. The number of halogens is 6. The van der Waals surface area contributed by atoms with E-state index in [1.54, 1.807) is 0 Å². The van der Waals surface area contributed by atoms with E-state index in [0.717, 1.165) is 25.0 Å². The number of ether oxygens (including phenoxy) is 1. The Morgan fingerprint density at radius 1 is 1.08 bits per heavy atom. The van der Waals surface area contributed by atoms with Crippen molar-refractivity contribution in [2.75, 3.05) is 0 Å². The van der Waals surface area contributed by atoms with Crippen molar-refractivity contribution in [1.29, 1.82) is 0 Å². The fourth-order valence-corrected chi connectivity index (χ4v) is 3.33. The van der Waals surface area contributed by atoms with Crippen LogP contribution in [-0.4, -0.2) is 12.3 Å². The van der Waals surface area contributed by atoms with Crippen LogP contribution in [0.25, 0.3) is 6.08 Å². The zero-order valence-electron chi connectivity index (χ0n) is 14.5. The highest BCUT2D eigenvalue weighted by Crippen LogP contribution is 2.41. The third kappa shape index (κ3) is 5.95. The number of allylic oxidation sites excluding steroid dienone is 1. The van der Waals surface area contributed by atoms with Gasteiger partial charge in [0.1, 0.15) is 11.6 Å². The van der Waals surface area contributed by atoms with E-state index in [2.05, 4.69) is 6.92 Å². The van der Waals surface area contributed by atoms with Gasteiger partial charge in [-0.05, 0) is 49.8 Å². The summed E-state index contributed by atoms with van der Waals surface area (Å²) in [6.45, 7) is 2.06. The van der Waals surface area contributed by atoms with Crippen LogP contribution in [-0.2, 0) is 0 Å². The van der Waals surface area contributed by atoms with Gasteiger partial charge in [0, 0.05) is 17.7 Å². The van der Waals surface area contributed by atoms with Crippen LogP contribution in [0.1, 0.15) is 51.0 Å². The van der Waals surface area contributed by atoms with Gasteiger partial charge >= 0.3 is 12.3 Å². The quantitative estimate of drug-likeness (QED) is 0.484. The summed E-state index contributed by atoms with van der Waals surface area (Å²) >= 11 is 0. The Labute approximate surface area is 149 Å². The average molecular weight is 380 g/mol. The van der Waals surface area contributed by atoms with Gasteiger partial charge < -0.3 is 4.74 Å². The van der Waals surface area contributed by atoms with Gasteiger partial charge in [0.05, 0.1) is 5.92 Å². The molecule has 146 valence electrons. The summed E-state index contributed by atoms with van der Waals surface area (Å²) in [5, 5.41) is 0. The second kappa shape index (κ2) is 8.35. The summed E-state index contributed by atoms with van der Waals surface area (Å²) in [5.74, 6) is -1.93. The smallest absolute Gasteiger partial charge is 0.409 e. The lowest BCUT2D eigenvalue weighted by Crippen LogP contribution is -2.37. The first kappa shape index (κ1) is 20.6.